The molecule has 8 nitrogen and oxygen atoms in total. The van der Waals surface area contributed by atoms with E-state index >= 15 is 0 Å². The molecule has 3 heterocycles. The molecule has 186 valence electrons. The lowest BCUT2D eigenvalue weighted by Crippen LogP contribution is -2.57. The molecule has 1 unspecified atom stereocenters. The fourth-order valence-corrected chi connectivity index (χ4v) is 7.40. The summed E-state index contributed by atoms with van der Waals surface area (Å²) in [7, 11) is 0. The molecule has 4 aliphatic rings. The van der Waals surface area contributed by atoms with Crippen LogP contribution in [0, 0.1) is 11.8 Å². The zero-order valence-corrected chi connectivity index (χ0v) is 21.1. The van der Waals surface area contributed by atoms with Crippen LogP contribution in [0.25, 0.3) is 0 Å². The third-order valence-electron chi connectivity index (χ3n) is 7.85. The minimum absolute atomic E-state index is 0.106. The first kappa shape index (κ1) is 24.9. The highest BCUT2D eigenvalue weighted by Gasteiger charge is 2.76. The molecule has 9 heteroatoms. The Morgan fingerprint density at radius 1 is 1.21 bits per heavy atom. The molecule has 0 aromatic carbocycles. The maximum atomic E-state index is 13.7. The number of alkyl halides is 1. The standard InChI is InChI=1S/C24H37BrN2O6/c1-2-32-23(31)17-18-22(30)27(12-8-3-4-9-13-28)20(24(18)14-16(25)19(17)33-24)21(29)26-15-10-6-5-7-11-15/h15-20,28H,2-14H2,1H3,(H,26,29)/t16?,17-,18+,19-,20-,24+/m1/s1. The SMILES string of the molecule is CCOC(=O)[C@H]1[C@@H]2O[C@@]3(CC2Br)[C@@H]1C(=O)N(CCCCCCO)[C@@H]3C(=O)NC1CCCCC1. The minimum atomic E-state index is -1.00. The first-order chi connectivity index (χ1) is 15.9. The molecule has 0 aromatic rings. The van der Waals surface area contributed by atoms with Crippen LogP contribution in [0.2, 0.25) is 0 Å². The number of rotatable bonds is 10. The minimum Gasteiger partial charge on any atom is -0.466 e. The summed E-state index contributed by atoms with van der Waals surface area (Å²) in [5.74, 6) is -2.11. The molecule has 1 saturated carbocycles. The van der Waals surface area contributed by atoms with Gasteiger partial charge in [0.15, 0.2) is 0 Å². The first-order valence-corrected chi connectivity index (χ1v) is 13.6. The number of aliphatic hydroxyl groups is 1. The van der Waals surface area contributed by atoms with Gasteiger partial charge in [0, 0.05) is 24.0 Å². The number of aliphatic hydroxyl groups excluding tert-OH is 1. The van der Waals surface area contributed by atoms with Gasteiger partial charge in [-0.25, -0.2) is 0 Å². The molecule has 4 fully saturated rings. The Labute approximate surface area is 204 Å². The predicted octanol–water partition coefficient (Wildman–Crippen LogP) is 2.30. The molecule has 4 rings (SSSR count). The summed E-state index contributed by atoms with van der Waals surface area (Å²) in [4.78, 5) is 41.9. The van der Waals surface area contributed by atoms with Gasteiger partial charge in [-0.2, -0.15) is 0 Å². The van der Waals surface area contributed by atoms with E-state index in [4.69, 9.17) is 14.6 Å². The van der Waals surface area contributed by atoms with E-state index in [0.717, 1.165) is 51.4 Å². The second-order valence-electron chi connectivity index (χ2n) is 9.93. The number of nitrogens with zero attached hydrogens (tertiary/aromatic N) is 1. The Bertz CT molecular complexity index is 744. The van der Waals surface area contributed by atoms with Crippen LogP contribution in [-0.2, 0) is 23.9 Å². The van der Waals surface area contributed by atoms with E-state index in [-0.39, 0.29) is 35.9 Å². The number of hydrogen-bond donors (Lipinski definition) is 2. The molecular formula is C24H37BrN2O6. The quantitative estimate of drug-likeness (QED) is 0.256. The molecule has 6 atom stereocenters. The van der Waals surface area contributed by atoms with Crippen molar-refractivity contribution in [3.05, 3.63) is 0 Å². The maximum absolute atomic E-state index is 13.7. The first-order valence-electron chi connectivity index (χ1n) is 12.6. The van der Waals surface area contributed by atoms with Crippen LogP contribution >= 0.6 is 15.9 Å². The number of esters is 1. The van der Waals surface area contributed by atoms with E-state index in [2.05, 4.69) is 21.2 Å². The van der Waals surface area contributed by atoms with Crippen molar-refractivity contribution in [1.29, 1.82) is 0 Å². The number of carbonyl (C=O) groups excluding carboxylic acids is 3. The number of likely N-dealkylation sites (tertiary alicyclic amines) is 1. The summed E-state index contributed by atoms with van der Waals surface area (Å²) in [6, 6.07) is -0.610. The smallest absolute Gasteiger partial charge is 0.312 e. The molecule has 0 aromatic heterocycles. The zero-order valence-electron chi connectivity index (χ0n) is 19.5. The Balaban J connectivity index is 1.59. The van der Waals surface area contributed by atoms with Crippen molar-refractivity contribution in [2.75, 3.05) is 19.8 Å². The van der Waals surface area contributed by atoms with E-state index in [0.29, 0.717) is 13.0 Å². The summed E-state index contributed by atoms with van der Waals surface area (Å²) in [6.07, 6.45) is 8.58. The average molecular weight is 529 g/mol. The van der Waals surface area contributed by atoms with Crippen LogP contribution in [-0.4, -0.2) is 76.2 Å². The molecule has 1 aliphatic carbocycles. The van der Waals surface area contributed by atoms with Gasteiger partial charge < -0.3 is 24.8 Å². The van der Waals surface area contributed by atoms with Gasteiger partial charge in [0.2, 0.25) is 11.8 Å². The second-order valence-corrected chi connectivity index (χ2v) is 11.1. The van der Waals surface area contributed by atoms with Gasteiger partial charge in [-0.1, -0.05) is 48.0 Å². The van der Waals surface area contributed by atoms with E-state index in [1.165, 1.54) is 6.42 Å². The van der Waals surface area contributed by atoms with Crippen molar-refractivity contribution in [2.24, 2.45) is 11.8 Å². The van der Waals surface area contributed by atoms with Gasteiger partial charge in [-0.3, -0.25) is 14.4 Å². The molecule has 2 amide bonds. The van der Waals surface area contributed by atoms with Gasteiger partial charge in [0.05, 0.1) is 24.5 Å². The highest BCUT2D eigenvalue weighted by atomic mass is 79.9. The van der Waals surface area contributed by atoms with Crippen LogP contribution in [0.4, 0.5) is 0 Å². The maximum Gasteiger partial charge on any atom is 0.312 e. The third-order valence-corrected chi connectivity index (χ3v) is 8.70. The number of hydrogen-bond acceptors (Lipinski definition) is 6. The van der Waals surface area contributed by atoms with Gasteiger partial charge >= 0.3 is 5.97 Å². The van der Waals surface area contributed by atoms with E-state index < -0.39 is 35.6 Å². The van der Waals surface area contributed by atoms with E-state index in [9.17, 15) is 14.4 Å². The molecular weight excluding hydrogens is 492 g/mol. The van der Waals surface area contributed by atoms with Crippen LogP contribution in [0.3, 0.4) is 0 Å². The number of ether oxygens (including phenoxy) is 2. The molecule has 1 spiro atoms. The lowest BCUT2D eigenvalue weighted by atomic mass is 9.70. The number of amides is 2. The van der Waals surface area contributed by atoms with Crippen molar-refractivity contribution in [2.45, 2.75) is 99.7 Å². The Morgan fingerprint density at radius 2 is 1.94 bits per heavy atom. The van der Waals surface area contributed by atoms with Crippen molar-refractivity contribution in [3.8, 4) is 0 Å². The molecule has 2 bridgehead atoms. The summed E-state index contributed by atoms with van der Waals surface area (Å²) in [5.41, 5.74) is -1.00. The van der Waals surface area contributed by atoms with Crippen molar-refractivity contribution < 1.29 is 29.0 Å². The van der Waals surface area contributed by atoms with Gasteiger partial charge in [-0.15, -0.1) is 0 Å². The summed E-state index contributed by atoms with van der Waals surface area (Å²) >= 11 is 3.66. The van der Waals surface area contributed by atoms with Crippen LogP contribution < -0.4 is 5.32 Å². The predicted molar refractivity (Wildman–Crippen MR) is 125 cm³/mol. The number of fused-ring (bicyclic) bond motifs is 1. The highest BCUT2D eigenvalue weighted by Crippen LogP contribution is 2.60. The molecule has 3 aliphatic heterocycles. The largest absolute Gasteiger partial charge is 0.466 e. The summed E-state index contributed by atoms with van der Waals surface area (Å²) in [6.45, 7) is 2.59. The number of halogens is 1. The zero-order chi connectivity index (χ0) is 23.6. The molecule has 33 heavy (non-hydrogen) atoms. The highest BCUT2D eigenvalue weighted by molar-refractivity contribution is 9.09. The summed E-state index contributed by atoms with van der Waals surface area (Å²) in [5, 5.41) is 12.3. The summed E-state index contributed by atoms with van der Waals surface area (Å²) < 4.78 is 11.8. The van der Waals surface area contributed by atoms with Gasteiger partial charge in [-0.05, 0) is 39.0 Å². The van der Waals surface area contributed by atoms with Crippen molar-refractivity contribution >= 4 is 33.7 Å². The number of carbonyl (C=O) groups is 3. The fraction of sp³-hybridized carbons (Fsp3) is 0.875. The number of unbranched alkanes of at least 4 members (excludes halogenated alkanes) is 3. The Hall–Kier alpha value is -1.19. The normalized spacial score (nSPS) is 35.7. The molecule has 2 N–H and O–H groups in total. The van der Waals surface area contributed by atoms with E-state index in [1.807, 2.05) is 0 Å². The van der Waals surface area contributed by atoms with Crippen molar-refractivity contribution in [3.63, 3.8) is 0 Å². The van der Waals surface area contributed by atoms with Crippen LogP contribution in [0.15, 0.2) is 0 Å². The third kappa shape index (κ3) is 4.57. The van der Waals surface area contributed by atoms with Gasteiger partial charge in [0.1, 0.15) is 11.6 Å². The van der Waals surface area contributed by atoms with Crippen molar-refractivity contribution in [1.82, 2.24) is 10.2 Å². The lowest BCUT2D eigenvalue weighted by molar-refractivity contribution is -0.154. The second kappa shape index (κ2) is 10.6. The van der Waals surface area contributed by atoms with Crippen LogP contribution in [0.5, 0.6) is 0 Å². The molecule has 3 saturated heterocycles. The Morgan fingerprint density at radius 3 is 2.64 bits per heavy atom. The van der Waals surface area contributed by atoms with Gasteiger partial charge in [0.25, 0.3) is 0 Å². The number of nitrogens with one attached hydrogen (secondary N) is 1. The van der Waals surface area contributed by atoms with E-state index in [1.54, 1.807) is 11.8 Å². The fourth-order valence-electron chi connectivity index (χ4n) is 6.45. The monoisotopic (exact) mass is 528 g/mol. The molecule has 0 radical (unpaired) electrons. The lowest BCUT2D eigenvalue weighted by Gasteiger charge is -2.35. The Kier molecular flexibility index (Phi) is 8.01. The average Bonchev–Trinajstić information content (AvgIpc) is 3.38. The van der Waals surface area contributed by atoms with Crippen LogP contribution in [0.1, 0.15) is 71.1 Å². The topological polar surface area (TPSA) is 105 Å².